The Labute approximate surface area is 149 Å². The van der Waals surface area contributed by atoms with Crippen molar-refractivity contribution in [2.45, 2.75) is 6.54 Å². The van der Waals surface area contributed by atoms with Crippen LogP contribution in [0.2, 0.25) is 0 Å². The van der Waals surface area contributed by atoms with E-state index in [1.54, 1.807) is 6.33 Å². The van der Waals surface area contributed by atoms with Gasteiger partial charge in [0.2, 0.25) is 0 Å². The van der Waals surface area contributed by atoms with Gasteiger partial charge in [0.15, 0.2) is 0 Å². The maximum absolute atomic E-state index is 5.58. The lowest BCUT2D eigenvalue weighted by atomic mass is 10.2. The molecule has 0 atom stereocenters. The van der Waals surface area contributed by atoms with Crippen molar-refractivity contribution in [3.8, 4) is 0 Å². The van der Waals surface area contributed by atoms with Gasteiger partial charge in [-0.3, -0.25) is 9.11 Å². The molecule has 0 amide bonds. The molecular weight excluding hydrogens is 463 g/mol. The second-order valence-electron chi connectivity index (χ2n) is 4.47. The van der Waals surface area contributed by atoms with E-state index in [1.165, 1.54) is 9.13 Å². The fourth-order valence-corrected chi connectivity index (χ4v) is 3.91. The SMILES string of the molecule is NSn1cnc2cc(NCc3ccc(Br)cc3I)ccc21. The van der Waals surface area contributed by atoms with Gasteiger partial charge in [-0.1, -0.05) is 22.0 Å². The topological polar surface area (TPSA) is 55.9 Å². The van der Waals surface area contributed by atoms with Crippen molar-refractivity contribution in [1.82, 2.24) is 8.96 Å². The summed E-state index contributed by atoms with van der Waals surface area (Å²) in [4.78, 5) is 4.35. The summed E-state index contributed by atoms with van der Waals surface area (Å²) in [6, 6.07) is 12.4. The third-order valence-electron chi connectivity index (χ3n) is 3.13. The lowest BCUT2D eigenvalue weighted by Gasteiger charge is -2.09. The summed E-state index contributed by atoms with van der Waals surface area (Å²) in [5.41, 5.74) is 4.27. The van der Waals surface area contributed by atoms with Gasteiger partial charge in [0.05, 0.1) is 11.0 Å². The Morgan fingerprint density at radius 3 is 2.90 bits per heavy atom. The molecule has 1 heterocycles. The first-order valence-electron chi connectivity index (χ1n) is 6.19. The van der Waals surface area contributed by atoms with Gasteiger partial charge < -0.3 is 5.32 Å². The zero-order valence-corrected chi connectivity index (χ0v) is 15.4. The number of rotatable bonds is 4. The van der Waals surface area contributed by atoms with Crippen LogP contribution in [-0.2, 0) is 6.54 Å². The van der Waals surface area contributed by atoms with E-state index < -0.39 is 0 Å². The highest BCUT2D eigenvalue weighted by molar-refractivity contribution is 14.1. The van der Waals surface area contributed by atoms with Gasteiger partial charge in [0.1, 0.15) is 6.33 Å². The normalized spacial score (nSPS) is 11.0. The molecule has 108 valence electrons. The number of hydrogen-bond donors (Lipinski definition) is 2. The molecule has 0 fully saturated rings. The second kappa shape index (κ2) is 6.55. The average Bonchev–Trinajstić information content (AvgIpc) is 2.88. The van der Waals surface area contributed by atoms with E-state index in [1.807, 2.05) is 22.2 Å². The van der Waals surface area contributed by atoms with Crippen molar-refractivity contribution in [1.29, 1.82) is 0 Å². The molecule has 21 heavy (non-hydrogen) atoms. The molecule has 2 aromatic carbocycles. The van der Waals surface area contributed by atoms with Gasteiger partial charge in [-0.25, -0.2) is 4.98 Å². The molecule has 0 bridgehead atoms. The molecule has 0 spiro atoms. The molecule has 0 unspecified atom stereocenters. The third kappa shape index (κ3) is 3.36. The second-order valence-corrected chi connectivity index (χ2v) is 7.15. The minimum atomic E-state index is 0.781. The number of anilines is 1. The van der Waals surface area contributed by atoms with Gasteiger partial charge >= 0.3 is 0 Å². The standard InChI is InChI=1S/C14H12BrIN4S/c15-10-2-1-9(12(16)5-10)7-18-11-3-4-14-13(6-11)19-8-20(14)21-17/h1-6,8,18H,7,17H2. The quantitative estimate of drug-likeness (QED) is 0.435. The molecule has 0 aliphatic rings. The fraction of sp³-hybridized carbons (Fsp3) is 0.0714. The lowest BCUT2D eigenvalue weighted by molar-refractivity contribution is 1.13. The third-order valence-corrected chi connectivity index (χ3v) is 5.14. The number of benzene rings is 2. The van der Waals surface area contributed by atoms with E-state index in [0.717, 1.165) is 39.9 Å². The molecule has 3 aromatic rings. The number of nitrogens with one attached hydrogen (secondary N) is 1. The Bertz CT molecular complexity index is 790. The molecular formula is C14H12BrIN4S. The van der Waals surface area contributed by atoms with Crippen molar-refractivity contribution in [2.24, 2.45) is 5.14 Å². The first kappa shape index (κ1) is 15.1. The zero-order valence-electron chi connectivity index (χ0n) is 10.9. The Morgan fingerprint density at radius 2 is 2.14 bits per heavy atom. The summed E-state index contributed by atoms with van der Waals surface area (Å²) >= 11 is 6.98. The maximum Gasteiger partial charge on any atom is 0.107 e. The molecule has 0 aliphatic heterocycles. The largest absolute Gasteiger partial charge is 0.381 e. The number of nitrogens with zero attached hydrogens (tertiary/aromatic N) is 2. The van der Waals surface area contributed by atoms with Crippen molar-refractivity contribution >= 4 is 67.4 Å². The molecule has 0 saturated carbocycles. The number of nitrogens with two attached hydrogens (primary N) is 1. The highest BCUT2D eigenvalue weighted by Crippen LogP contribution is 2.22. The molecule has 7 heteroatoms. The molecule has 3 N–H and O–H groups in total. The van der Waals surface area contributed by atoms with Crippen LogP contribution in [0.15, 0.2) is 47.2 Å². The predicted octanol–water partition coefficient (Wildman–Crippen LogP) is 4.39. The Kier molecular flexibility index (Phi) is 4.72. The summed E-state index contributed by atoms with van der Waals surface area (Å²) in [7, 11) is 0. The monoisotopic (exact) mass is 474 g/mol. The van der Waals surface area contributed by atoms with E-state index in [9.17, 15) is 0 Å². The van der Waals surface area contributed by atoms with E-state index in [0.29, 0.717) is 0 Å². The van der Waals surface area contributed by atoms with Crippen LogP contribution in [0.1, 0.15) is 5.56 Å². The number of fused-ring (bicyclic) bond motifs is 1. The first-order valence-corrected chi connectivity index (χ1v) is 8.90. The van der Waals surface area contributed by atoms with Gasteiger partial charge in [-0.05, 0) is 58.5 Å². The van der Waals surface area contributed by atoms with Gasteiger partial charge in [0.25, 0.3) is 0 Å². The number of halogens is 2. The highest BCUT2D eigenvalue weighted by atomic mass is 127. The van der Waals surface area contributed by atoms with Crippen molar-refractivity contribution in [3.63, 3.8) is 0 Å². The summed E-state index contributed by atoms with van der Waals surface area (Å²) < 4.78 is 4.18. The minimum Gasteiger partial charge on any atom is -0.381 e. The lowest BCUT2D eigenvalue weighted by Crippen LogP contribution is -2.01. The van der Waals surface area contributed by atoms with Crippen LogP contribution in [-0.4, -0.2) is 8.96 Å². The fourth-order valence-electron chi connectivity index (χ4n) is 2.05. The average molecular weight is 475 g/mol. The van der Waals surface area contributed by atoms with Crippen molar-refractivity contribution < 1.29 is 0 Å². The molecule has 0 aliphatic carbocycles. The predicted molar refractivity (Wildman–Crippen MR) is 101 cm³/mol. The summed E-state index contributed by atoms with van der Waals surface area (Å²) in [6.07, 6.45) is 1.73. The molecule has 0 radical (unpaired) electrons. The van der Waals surface area contributed by atoms with E-state index in [-0.39, 0.29) is 0 Å². The Balaban J connectivity index is 1.78. The van der Waals surface area contributed by atoms with Crippen LogP contribution < -0.4 is 10.5 Å². The van der Waals surface area contributed by atoms with E-state index in [2.05, 4.69) is 67.0 Å². The van der Waals surface area contributed by atoms with Crippen LogP contribution in [0.3, 0.4) is 0 Å². The van der Waals surface area contributed by atoms with E-state index in [4.69, 9.17) is 5.14 Å². The van der Waals surface area contributed by atoms with Crippen LogP contribution >= 0.6 is 50.7 Å². The van der Waals surface area contributed by atoms with Gasteiger partial charge in [-0.2, -0.15) is 0 Å². The molecule has 1 aromatic heterocycles. The summed E-state index contributed by atoms with van der Waals surface area (Å²) in [6.45, 7) is 0.781. The number of imidazole rings is 1. The van der Waals surface area contributed by atoms with Crippen molar-refractivity contribution in [3.05, 3.63) is 56.3 Å². The summed E-state index contributed by atoms with van der Waals surface area (Å²) in [5, 5.41) is 9.01. The first-order chi connectivity index (χ1) is 10.2. The maximum atomic E-state index is 5.58. The van der Waals surface area contributed by atoms with Gasteiger partial charge in [-0.15, -0.1) is 0 Å². The minimum absolute atomic E-state index is 0.781. The van der Waals surface area contributed by atoms with E-state index >= 15 is 0 Å². The van der Waals surface area contributed by atoms with Crippen LogP contribution in [0, 0.1) is 3.57 Å². The number of hydrogen-bond acceptors (Lipinski definition) is 4. The molecule has 3 rings (SSSR count). The smallest absolute Gasteiger partial charge is 0.107 e. The molecule has 0 saturated heterocycles. The Morgan fingerprint density at radius 1 is 1.29 bits per heavy atom. The Hall–Kier alpha value is -0.770. The van der Waals surface area contributed by atoms with Gasteiger partial charge in [0, 0.05) is 32.4 Å². The summed E-state index contributed by atoms with van der Waals surface area (Å²) in [5.74, 6) is 0. The number of aromatic nitrogens is 2. The van der Waals surface area contributed by atoms with Crippen LogP contribution in [0.5, 0.6) is 0 Å². The zero-order chi connectivity index (χ0) is 14.8. The molecule has 4 nitrogen and oxygen atoms in total. The van der Waals surface area contributed by atoms with Crippen LogP contribution in [0.4, 0.5) is 5.69 Å². The van der Waals surface area contributed by atoms with Crippen LogP contribution in [0.25, 0.3) is 11.0 Å². The van der Waals surface area contributed by atoms with Crippen molar-refractivity contribution in [2.75, 3.05) is 5.32 Å². The highest BCUT2D eigenvalue weighted by Gasteiger charge is 2.04.